The Morgan fingerprint density at radius 1 is 1.12 bits per heavy atom. The third kappa shape index (κ3) is 5.85. The van der Waals surface area contributed by atoms with Gasteiger partial charge in [-0.25, -0.2) is 9.82 Å². The average Bonchev–Trinajstić information content (AvgIpc) is 3.39. The fraction of sp³-hybridized carbons (Fsp3) is 0.231. The molecular weight excluding hydrogens is 457 g/mol. The van der Waals surface area contributed by atoms with Crippen LogP contribution in [0.5, 0.6) is 11.5 Å². The highest BCUT2D eigenvalue weighted by atomic mass is 35.5. The number of benzene rings is 3. The highest BCUT2D eigenvalue weighted by Gasteiger charge is 2.14. The van der Waals surface area contributed by atoms with Crippen LogP contribution in [0, 0.1) is 5.82 Å². The number of carbonyl (C=O) groups excluding carboxylic acids is 1. The number of halogens is 2. The van der Waals surface area contributed by atoms with Crippen molar-refractivity contribution in [3.05, 3.63) is 88.2 Å². The van der Waals surface area contributed by atoms with E-state index in [4.69, 9.17) is 21.1 Å². The number of carbonyl (C=O) groups is 1. The van der Waals surface area contributed by atoms with Crippen molar-refractivity contribution in [1.29, 1.82) is 0 Å². The molecule has 0 atom stereocenters. The summed E-state index contributed by atoms with van der Waals surface area (Å²) in [6, 6.07) is 16.9. The van der Waals surface area contributed by atoms with Crippen molar-refractivity contribution >= 4 is 29.4 Å². The molecule has 6 nitrogen and oxygen atoms in total. The van der Waals surface area contributed by atoms with Gasteiger partial charge in [-0.1, -0.05) is 23.7 Å². The fourth-order valence-electron chi connectivity index (χ4n) is 3.72. The zero-order valence-corrected chi connectivity index (χ0v) is 19.5. The summed E-state index contributed by atoms with van der Waals surface area (Å²) in [5.74, 6) is 0.170. The molecule has 34 heavy (non-hydrogen) atoms. The Kier molecular flexibility index (Phi) is 7.65. The lowest BCUT2D eigenvalue weighted by Gasteiger charge is -2.17. The topological polar surface area (TPSA) is 63.2 Å². The molecule has 176 valence electrons. The van der Waals surface area contributed by atoms with Gasteiger partial charge in [0.2, 0.25) is 0 Å². The minimum absolute atomic E-state index is 0.205. The predicted octanol–water partition coefficient (Wildman–Crippen LogP) is 5.43. The van der Waals surface area contributed by atoms with Gasteiger partial charge in [-0.2, -0.15) is 5.10 Å². The van der Waals surface area contributed by atoms with E-state index >= 15 is 0 Å². The Morgan fingerprint density at radius 3 is 2.50 bits per heavy atom. The fourth-order valence-corrected chi connectivity index (χ4v) is 3.99. The normalized spacial score (nSPS) is 13.3. The molecule has 1 saturated heterocycles. The number of nitrogens with one attached hydrogen (secondary N) is 1. The molecule has 1 aliphatic heterocycles. The summed E-state index contributed by atoms with van der Waals surface area (Å²) in [7, 11) is 1.50. The maximum absolute atomic E-state index is 13.1. The lowest BCUT2D eigenvalue weighted by Crippen LogP contribution is -2.19. The number of methoxy groups -OCH3 is 1. The first-order chi connectivity index (χ1) is 16.5. The van der Waals surface area contributed by atoms with Crippen LogP contribution in [-0.4, -0.2) is 32.3 Å². The number of hydrogen-bond acceptors (Lipinski definition) is 5. The summed E-state index contributed by atoms with van der Waals surface area (Å²) in [6.45, 7) is 2.31. The van der Waals surface area contributed by atoms with Crippen LogP contribution in [0.3, 0.4) is 0 Å². The number of amides is 1. The quantitative estimate of drug-likeness (QED) is 0.344. The van der Waals surface area contributed by atoms with Crippen molar-refractivity contribution in [2.75, 3.05) is 25.1 Å². The predicted molar refractivity (Wildman–Crippen MR) is 132 cm³/mol. The molecule has 1 amide bonds. The maximum atomic E-state index is 13.1. The first-order valence-corrected chi connectivity index (χ1v) is 11.3. The molecule has 0 aliphatic carbocycles. The lowest BCUT2D eigenvalue weighted by atomic mass is 10.2. The number of hydrazone groups is 1. The molecule has 0 aromatic heterocycles. The van der Waals surface area contributed by atoms with Gasteiger partial charge in [0, 0.05) is 24.3 Å². The number of nitrogens with zero attached hydrogens (tertiary/aromatic N) is 2. The van der Waals surface area contributed by atoms with E-state index in [2.05, 4.69) is 15.4 Å². The molecule has 0 bridgehead atoms. The van der Waals surface area contributed by atoms with Crippen molar-refractivity contribution < 1.29 is 18.7 Å². The number of rotatable bonds is 8. The van der Waals surface area contributed by atoms with Gasteiger partial charge in [0.1, 0.15) is 12.4 Å². The first-order valence-electron chi connectivity index (χ1n) is 11.0. The summed E-state index contributed by atoms with van der Waals surface area (Å²) < 4.78 is 24.3. The summed E-state index contributed by atoms with van der Waals surface area (Å²) in [4.78, 5) is 14.7. The van der Waals surface area contributed by atoms with Crippen LogP contribution >= 0.6 is 11.6 Å². The van der Waals surface area contributed by atoms with Crippen molar-refractivity contribution in [2.24, 2.45) is 5.10 Å². The minimum Gasteiger partial charge on any atom is -0.493 e. The molecule has 3 aromatic rings. The Balaban J connectivity index is 1.37. The van der Waals surface area contributed by atoms with Gasteiger partial charge in [0.05, 0.1) is 18.3 Å². The Hall–Kier alpha value is -3.58. The van der Waals surface area contributed by atoms with Crippen molar-refractivity contribution in [1.82, 2.24) is 5.43 Å². The highest BCUT2D eigenvalue weighted by molar-refractivity contribution is 6.32. The van der Waals surface area contributed by atoms with Crippen molar-refractivity contribution in [3.63, 3.8) is 0 Å². The smallest absolute Gasteiger partial charge is 0.271 e. The molecule has 1 N–H and O–H groups in total. The largest absolute Gasteiger partial charge is 0.493 e. The van der Waals surface area contributed by atoms with Gasteiger partial charge < -0.3 is 14.4 Å². The van der Waals surface area contributed by atoms with Crippen molar-refractivity contribution in [3.8, 4) is 11.5 Å². The molecule has 1 fully saturated rings. The average molecular weight is 482 g/mol. The van der Waals surface area contributed by atoms with Crippen LogP contribution in [0.4, 0.5) is 10.1 Å². The lowest BCUT2D eigenvalue weighted by molar-refractivity contribution is 0.0955. The molecule has 1 heterocycles. The van der Waals surface area contributed by atoms with E-state index in [0.717, 1.165) is 24.3 Å². The molecule has 8 heteroatoms. The summed E-state index contributed by atoms with van der Waals surface area (Å²) in [5.41, 5.74) is 5.60. The zero-order valence-electron chi connectivity index (χ0n) is 18.8. The van der Waals surface area contributed by atoms with Crippen LogP contribution in [0.1, 0.15) is 34.3 Å². The highest BCUT2D eigenvalue weighted by Crippen LogP contribution is 2.36. The molecular formula is C26H25ClFN3O3. The standard InChI is InChI=1S/C26H25ClFN3O3/c1-33-24-15-19(14-23(27)25(24)34-17-18-4-8-21(28)9-5-18)16-29-30-26(32)20-6-10-22(11-7-20)31-12-2-3-13-31/h4-11,14-16H,2-3,12-13,17H2,1H3,(H,30,32)/b29-16-. The third-order valence-electron chi connectivity index (χ3n) is 5.53. The first kappa shape index (κ1) is 23.6. The molecule has 4 rings (SSSR count). The Bertz CT molecular complexity index is 1160. The third-order valence-corrected chi connectivity index (χ3v) is 5.81. The number of anilines is 1. The maximum Gasteiger partial charge on any atom is 0.271 e. The van der Waals surface area contributed by atoms with E-state index in [-0.39, 0.29) is 18.3 Å². The van der Waals surface area contributed by atoms with Crippen molar-refractivity contribution in [2.45, 2.75) is 19.4 Å². The minimum atomic E-state index is -0.311. The van der Waals surface area contributed by atoms with Crippen LogP contribution in [0.25, 0.3) is 0 Å². The van der Waals surface area contributed by atoms with Gasteiger partial charge in [-0.05, 0) is 72.5 Å². The summed E-state index contributed by atoms with van der Waals surface area (Å²) in [5, 5.41) is 4.37. The van der Waals surface area contributed by atoms with Crippen LogP contribution in [-0.2, 0) is 6.61 Å². The molecule has 3 aromatic carbocycles. The monoisotopic (exact) mass is 481 g/mol. The second-order valence-corrected chi connectivity index (χ2v) is 8.30. The second kappa shape index (κ2) is 11.0. The number of ether oxygens (including phenoxy) is 2. The molecule has 0 saturated carbocycles. The number of hydrogen-bond donors (Lipinski definition) is 1. The van der Waals surface area contributed by atoms with E-state index in [1.54, 1.807) is 36.4 Å². The molecule has 0 spiro atoms. The van der Waals surface area contributed by atoms with E-state index in [9.17, 15) is 9.18 Å². The summed E-state index contributed by atoms with van der Waals surface area (Å²) >= 11 is 6.39. The van der Waals surface area contributed by atoms with E-state index in [0.29, 0.717) is 27.6 Å². The van der Waals surface area contributed by atoms with Gasteiger partial charge in [0.25, 0.3) is 5.91 Å². The van der Waals surface area contributed by atoms with E-state index in [1.165, 1.54) is 38.3 Å². The molecule has 0 radical (unpaired) electrons. The van der Waals surface area contributed by atoms with Gasteiger partial charge in [-0.3, -0.25) is 4.79 Å². The molecule has 0 unspecified atom stereocenters. The SMILES string of the molecule is COc1cc(/C=N\NC(=O)c2ccc(N3CCCC3)cc2)cc(Cl)c1OCc1ccc(F)cc1. The van der Waals surface area contributed by atoms with E-state index < -0.39 is 0 Å². The van der Waals surface area contributed by atoms with Gasteiger partial charge in [-0.15, -0.1) is 0 Å². The Morgan fingerprint density at radius 2 is 1.82 bits per heavy atom. The van der Waals surface area contributed by atoms with Crippen LogP contribution < -0.4 is 19.8 Å². The Labute approximate surface area is 202 Å². The molecule has 1 aliphatic rings. The van der Waals surface area contributed by atoms with Gasteiger partial charge in [0.15, 0.2) is 11.5 Å². The van der Waals surface area contributed by atoms with Crippen LogP contribution in [0.2, 0.25) is 5.02 Å². The van der Waals surface area contributed by atoms with Gasteiger partial charge >= 0.3 is 0 Å². The van der Waals surface area contributed by atoms with E-state index in [1.807, 2.05) is 12.1 Å². The second-order valence-electron chi connectivity index (χ2n) is 7.89. The zero-order chi connectivity index (χ0) is 23.9. The summed E-state index contributed by atoms with van der Waals surface area (Å²) in [6.07, 6.45) is 3.88. The van der Waals surface area contributed by atoms with Crippen LogP contribution in [0.15, 0.2) is 65.8 Å².